The van der Waals surface area contributed by atoms with E-state index < -0.39 is 0 Å². The van der Waals surface area contributed by atoms with Crippen LogP contribution in [-0.2, 0) is 13.2 Å². The molecule has 24 heavy (non-hydrogen) atoms. The molecule has 2 N–H and O–H groups in total. The van der Waals surface area contributed by atoms with E-state index in [9.17, 15) is 0 Å². The highest BCUT2D eigenvalue weighted by Gasteiger charge is 2.08. The van der Waals surface area contributed by atoms with Crippen molar-refractivity contribution >= 4 is 0 Å². The molecular formula is C18H22O6. The molecule has 0 spiro atoms. The van der Waals surface area contributed by atoms with E-state index >= 15 is 0 Å². The topological polar surface area (TPSA) is 77.4 Å². The van der Waals surface area contributed by atoms with Crippen molar-refractivity contribution in [2.75, 3.05) is 27.4 Å². The standard InChI is InChI=1S/C18H22O6/c1-21-17-9-13(11-19)3-5-15(17)23-7-8-24-16-6-4-14(12-20)10-18(16)22-2/h3-6,9-10,19-20H,7-8,11-12H2,1-2H3. The predicted molar refractivity (Wildman–Crippen MR) is 88.8 cm³/mol. The van der Waals surface area contributed by atoms with Crippen LogP contribution >= 0.6 is 0 Å². The van der Waals surface area contributed by atoms with Gasteiger partial charge in [-0.25, -0.2) is 0 Å². The second kappa shape index (κ2) is 9.00. The van der Waals surface area contributed by atoms with Crippen LogP contribution < -0.4 is 18.9 Å². The van der Waals surface area contributed by atoms with E-state index in [1.807, 2.05) is 0 Å². The Morgan fingerprint density at radius 2 is 1.08 bits per heavy atom. The molecule has 0 aliphatic rings. The molecular weight excluding hydrogens is 312 g/mol. The Kier molecular flexibility index (Phi) is 6.72. The summed E-state index contributed by atoms with van der Waals surface area (Å²) in [4.78, 5) is 0. The van der Waals surface area contributed by atoms with Gasteiger partial charge in [0.05, 0.1) is 27.4 Å². The first-order valence-corrected chi connectivity index (χ1v) is 7.53. The minimum atomic E-state index is -0.0522. The molecule has 2 aromatic carbocycles. The van der Waals surface area contributed by atoms with Crippen LogP contribution in [0.4, 0.5) is 0 Å². The minimum Gasteiger partial charge on any atom is -0.493 e. The minimum absolute atomic E-state index is 0.0522. The van der Waals surface area contributed by atoms with Gasteiger partial charge in [0.1, 0.15) is 13.2 Å². The molecule has 0 atom stereocenters. The molecule has 6 heteroatoms. The van der Waals surface area contributed by atoms with E-state index in [2.05, 4.69) is 0 Å². The second-order valence-electron chi connectivity index (χ2n) is 4.98. The van der Waals surface area contributed by atoms with Crippen LogP contribution in [-0.4, -0.2) is 37.6 Å². The van der Waals surface area contributed by atoms with Crippen LogP contribution in [0, 0.1) is 0 Å². The molecule has 130 valence electrons. The van der Waals surface area contributed by atoms with E-state index in [-0.39, 0.29) is 13.2 Å². The van der Waals surface area contributed by atoms with Crippen molar-refractivity contribution in [2.24, 2.45) is 0 Å². The summed E-state index contributed by atoms with van der Waals surface area (Å²) in [7, 11) is 3.10. The molecule has 0 aromatic heterocycles. The first-order valence-electron chi connectivity index (χ1n) is 7.53. The number of rotatable bonds is 9. The molecule has 0 unspecified atom stereocenters. The third-order valence-corrected chi connectivity index (χ3v) is 3.42. The maximum absolute atomic E-state index is 9.13. The summed E-state index contributed by atoms with van der Waals surface area (Å²) in [5.41, 5.74) is 1.51. The van der Waals surface area contributed by atoms with Gasteiger partial charge in [0.2, 0.25) is 0 Å². The Labute approximate surface area is 141 Å². The Balaban J connectivity index is 1.91. The molecule has 0 radical (unpaired) electrons. The Bertz CT molecular complexity index is 598. The molecule has 6 nitrogen and oxygen atoms in total. The number of hydrogen-bond donors (Lipinski definition) is 2. The number of aliphatic hydroxyl groups is 2. The lowest BCUT2D eigenvalue weighted by Crippen LogP contribution is -2.10. The zero-order valence-electron chi connectivity index (χ0n) is 13.8. The Morgan fingerprint density at radius 1 is 0.667 bits per heavy atom. The van der Waals surface area contributed by atoms with Crippen LogP contribution in [0.3, 0.4) is 0 Å². The number of benzene rings is 2. The number of ether oxygens (including phenoxy) is 4. The summed E-state index contributed by atoms with van der Waals surface area (Å²) in [5, 5.41) is 18.3. The van der Waals surface area contributed by atoms with Gasteiger partial charge in [-0.1, -0.05) is 12.1 Å². The quantitative estimate of drug-likeness (QED) is 0.684. The van der Waals surface area contributed by atoms with Crippen molar-refractivity contribution in [1.29, 1.82) is 0 Å². The van der Waals surface area contributed by atoms with Crippen molar-refractivity contribution in [3.05, 3.63) is 47.5 Å². The Morgan fingerprint density at radius 3 is 1.42 bits per heavy atom. The van der Waals surface area contributed by atoms with Crippen LogP contribution in [0.15, 0.2) is 36.4 Å². The average Bonchev–Trinajstić information content (AvgIpc) is 2.65. The molecule has 0 saturated heterocycles. The van der Waals surface area contributed by atoms with Crippen LogP contribution in [0.5, 0.6) is 23.0 Å². The lowest BCUT2D eigenvalue weighted by atomic mass is 10.2. The number of hydrogen-bond acceptors (Lipinski definition) is 6. The fourth-order valence-corrected chi connectivity index (χ4v) is 2.16. The maximum Gasteiger partial charge on any atom is 0.161 e. The fraction of sp³-hybridized carbons (Fsp3) is 0.333. The van der Waals surface area contributed by atoms with Gasteiger partial charge >= 0.3 is 0 Å². The van der Waals surface area contributed by atoms with Gasteiger partial charge in [0.15, 0.2) is 23.0 Å². The van der Waals surface area contributed by atoms with Gasteiger partial charge in [-0.2, -0.15) is 0 Å². The van der Waals surface area contributed by atoms with E-state index in [0.29, 0.717) is 36.2 Å². The lowest BCUT2D eigenvalue weighted by molar-refractivity contribution is 0.205. The van der Waals surface area contributed by atoms with Gasteiger partial charge in [-0.05, 0) is 35.4 Å². The smallest absolute Gasteiger partial charge is 0.161 e. The number of methoxy groups -OCH3 is 2. The van der Waals surface area contributed by atoms with Gasteiger partial charge in [-0.3, -0.25) is 0 Å². The summed E-state index contributed by atoms with van der Waals surface area (Å²) in [5.74, 6) is 2.29. The van der Waals surface area contributed by atoms with Crippen LogP contribution in [0.1, 0.15) is 11.1 Å². The third-order valence-electron chi connectivity index (χ3n) is 3.42. The summed E-state index contributed by atoms with van der Waals surface area (Å²) >= 11 is 0. The molecule has 0 amide bonds. The van der Waals surface area contributed by atoms with E-state index in [0.717, 1.165) is 11.1 Å². The van der Waals surface area contributed by atoms with Crippen molar-refractivity contribution in [2.45, 2.75) is 13.2 Å². The average molecular weight is 334 g/mol. The molecule has 0 heterocycles. The van der Waals surface area contributed by atoms with Gasteiger partial charge in [0.25, 0.3) is 0 Å². The van der Waals surface area contributed by atoms with Gasteiger partial charge in [-0.15, -0.1) is 0 Å². The molecule has 2 aromatic rings. The zero-order valence-corrected chi connectivity index (χ0v) is 13.8. The van der Waals surface area contributed by atoms with Crippen molar-refractivity contribution in [1.82, 2.24) is 0 Å². The highest BCUT2D eigenvalue weighted by atomic mass is 16.5. The van der Waals surface area contributed by atoms with E-state index in [1.165, 1.54) is 0 Å². The van der Waals surface area contributed by atoms with Gasteiger partial charge in [0, 0.05) is 0 Å². The SMILES string of the molecule is COc1cc(CO)ccc1OCCOc1ccc(CO)cc1OC. The first kappa shape index (κ1) is 17.9. The first-order chi connectivity index (χ1) is 11.7. The summed E-state index contributed by atoms with van der Waals surface area (Å²) < 4.78 is 21.8. The summed E-state index contributed by atoms with van der Waals surface area (Å²) in [6.07, 6.45) is 0. The van der Waals surface area contributed by atoms with Crippen molar-refractivity contribution in [3.63, 3.8) is 0 Å². The number of aliphatic hydroxyl groups excluding tert-OH is 2. The molecule has 2 rings (SSSR count). The largest absolute Gasteiger partial charge is 0.493 e. The third kappa shape index (κ3) is 4.53. The summed E-state index contributed by atoms with van der Waals surface area (Å²) in [6, 6.07) is 10.5. The molecule has 0 fully saturated rings. The molecule has 0 aliphatic heterocycles. The van der Waals surface area contributed by atoms with Crippen LogP contribution in [0.25, 0.3) is 0 Å². The van der Waals surface area contributed by atoms with Gasteiger partial charge < -0.3 is 29.2 Å². The Hall–Kier alpha value is -2.44. The summed E-state index contributed by atoms with van der Waals surface area (Å²) in [6.45, 7) is 0.534. The van der Waals surface area contributed by atoms with Crippen molar-refractivity contribution in [3.8, 4) is 23.0 Å². The molecule has 0 aliphatic carbocycles. The highest BCUT2D eigenvalue weighted by Crippen LogP contribution is 2.29. The lowest BCUT2D eigenvalue weighted by Gasteiger charge is -2.14. The maximum atomic E-state index is 9.13. The predicted octanol–water partition coefficient (Wildman–Crippen LogP) is 2.15. The monoisotopic (exact) mass is 334 g/mol. The molecule has 0 saturated carbocycles. The second-order valence-corrected chi connectivity index (χ2v) is 4.98. The zero-order chi connectivity index (χ0) is 17.4. The van der Waals surface area contributed by atoms with Crippen LogP contribution in [0.2, 0.25) is 0 Å². The fourth-order valence-electron chi connectivity index (χ4n) is 2.16. The molecule has 0 bridgehead atoms. The highest BCUT2D eigenvalue weighted by molar-refractivity contribution is 5.43. The van der Waals surface area contributed by atoms with E-state index in [4.69, 9.17) is 29.2 Å². The van der Waals surface area contributed by atoms with E-state index in [1.54, 1.807) is 50.6 Å². The van der Waals surface area contributed by atoms with Crippen molar-refractivity contribution < 1.29 is 29.2 Å². The normalized spacial score (nSPS) is 10.3.